The van der Waals surface area contributed by atoms with Crippen molar-refractivity contribution in [3.8, 4) is 0 Å². The Balaban J connectivity index is 2.19. The Morgan fingerprint density at radius 3 is 2.89 bits per heavy atom. The SMILES string of the molecule is CCC(Nc1ccc(C(=O)O)c(F)c1)c1nccs1. The Labute approximate surface area is 113 Å². The zero-order chi connectivity index (χ0) is 13.8. The minimum Gasteiger partial charge on any atom is -0.478 e. The molecule has 6 heteroatoms. The normalized spacial score (nSPS) is 12.1. The van der Waals surface area contributed by atoms with Crippen LogP contribution in [-0.2, 0) is 0 Å². The lowest BCUT2D eigenvalue weighted by Gasteiger charge is -2.16. The molecule has 1 atom stereocenters. The molecule has 0 aliphatic heterocycles. The van der Waals surface area contributed by atoms with Crippen molar-refractivity contribution in [2.45, 2.75) is 19.4 Å². The second-order valence-corrected chi connectivity index (χ2v) is 4.90. The number of aromatic nitrogens is 1. The van der Waals surface area contributed by atoms with Crippen LogP contribution >= 0.6 is 11.3 Å². The summed E-state index contributed by atoms with van der Waals surface area (Å²) in [4.78, 5) is 14.9. The summed E-state index contributed by atoms with van der Waals surface area (Å²) in [6, 6.07) is 4.01. The standard InChI is InChI=1S/C13H13FN2O2S/c1-2-11(12-15-5-6-19-12)16-8-3-4-9(13(17)18)10(14)7-8/h3-7,11,16H,2H2,1H3,(H,17,18). The Hall–Kier alpha value is -1.95. The number of hydrogen-bond donors (Lipinski definition) is 2. The first-order chi connectivity index (χ1) is 9.11. The van der Waals surface area contributed by atoms with Crippen LogP contribution in [0.25, 0.3) is 0 Å². The van der Waals surface area contributed by atoms with E-state index in [0.29, 0.717) is 5.69 Å². The Kier molecular flexibility index (Phi) is 4.11. The molecule has 1 aromatic heterocycles. The molecule has 0 amide bonds. The maximum atomic E-state index is 13.6. The molecule has 0 saturated carbocycles. The predicted molar refractivity (Wildman–Crippen MR) is 72.1 cm³/mol. The number of carboxylic acid groups (broad SMARTS) is 1. The van der Waals surface area contributed by atoms with Crippen molar-refractivity contribution in [1.29, 1.82) is 0 Å². The molecule has 100 valence electrons. The quantitative estimate of drug-likeness (QED) is 0.879. The van der Waals surface area contributed by atoms with Gasteiger partial charge in [0.1, 0.15) is 10.8 Å². The van der Waals surface area contributed by atoms with Gasteiger partial charge in [-0.15, -0.1) is 11.3 Å². The second-order valence-electron chi connectivity index (χ2n) is 3.98. The summed E-state index contributed by atoms with van der Waals surface area (Å²) in [7, 11) is 0. The lowest BCUT2D eigenvalue weighted by molar-refractivity contribution is 0.0692. The van der Waals surface area contributed by atoms with Crippen molar-refractivity contribution in [3.05, 3.63) is 46.2 Å². The van der Waals surface area contributed by atoms with Crippen molar-refractivity contribution in [2.75, 3.05) is 5.32 Å². The van der Waals surface area contributed by atoms with Crippen molar-refractivity contribution in [1.82, 2.24) is 4.98 Å². The van der Waals surface area contributed by atoms with Crippen molar-refractivity contribution in [3.63, 3.8) is 0 Å². The topological polar surface area (TPSA) is 62.2 Å². The highest BCUT2D eigenvalue weighted by Crippen LogP contribution is 2.25. The van der Waals surface area contributed by atoms with E-state index in [4.69, 9.17) is 5.11 Å². The first kappa shape index (κ1) is 13.5. The van der Waals surface area contributed by atoms with Crippen LogP contribution in [0, 0.1) is 5.82 Å². The number of carbonyl (C=O) groups is 1. The minimum atomic E-state index is -1.27. The number of halogens is 1. The Morgan fingerprint density at radius 1 is 1.58 bits per heavy atom. The monoisotopic (exact) mass is 280 g/mol. The van der Waals surface area contributed by atoms with Crippen LogP contribution < -0.4 is 5.32 Å². The average Bonchev–Trinajstić information content (AvgIpc) is 2.89. The summed E-state index contributed by atoms with van der Waals surface area (Å²) in [5.74, 6) is -2.01. The number of nitrogens with one attached hydrogen (secondary N) is 1. The molecule has 0 bridgehead atoms. The van der Waals surface area contributed by atoms with E-state index >= 15 is 0 Å². The molecule has 0 saturated heterocycles. The molecular formula is C13H13FN2O2S. The number of anilines is 1. The summed E-state index contributed by atoms with van der Waals surface area (Å²) in [6.45, 7) is 2.00. The van der Waals surface area contributed by atoms with Gasteiger partial charge in [-0.3, -0.25) is 0 Å². The first-order valence-electron chi connectivity index (χ1n) is 5.80. The van der Waals surface area contributed by atoms with E-state index in [9.17, 15) is 9.18 Å². The summed E-state index contributed by atoms with van der Waals surface area (Å²) in [5.41, 5.74) is 0.220. The molecule has 2 N–H and O–H groups in total. The molecule has 4 nitrogen and oxygen atoms in total. The summed E-state index contributed by atoms with van der Waals surface area (Å²) >= 11 is 1.53. The van der Waals surface area contributed by atoms with Gasteiger partial charge in [0.05, 0.1) is 11.6 Å². The molecule has 1 aromatic carbocycles. The van der Waals surface area contributed by atoms with Gasteiger partial charge in [-0.2, -0.15) is 0 Å². The van der Waals surface area contributed by atoms with E-state index in [0.717, 1.165) is 11.4 Å². The van der Waals surface area contributed by atoms with E-state index < -0.39 is 11.8 Å². The highest BCUT2D eigenvalue weighted by molar-refractivity contribution is 7.09. The van der Waals surface area contributed by atoms with E-state index in [2.05, 4.69) is 10.3 Å². The van der Waals surface area contributed by atoms with Crippen LogP contribution in [-0.4, -0.2) is 16.1 Å². The molecule has 2 rings (SSSR count). The molecular weight excluding hydrogens is 267 g/mol. The molecule has 0 aliphatic rings. The fourth-order valence-corrected chi connectivity index (χ4v) is 2.50. The van der Waals surface area contributed by atoms with Crippen LogP contribution in [0.5, 0.6) is 0 Å². The van der Waals surface area contributed by atoms with Gasteiger partial charge >= 0.3 is 5.97 Å². The van der Waals surface area contributed by atoms with Crippen LogP contribution in [0.15, 0.2) is 29.8 Å². The fourth-order valence-electron chi connectivity index (χ4n) is 1.72. The first-order valence-corrected chi connectivity index (χ1v) is 6.68. The van der Waals surface area contributed by atoms with Gasteiger partial charge in [0.15, 0.2) is 0 Å². The number of benzene rings is 1. The number of thiazole rings is 1. The van der Waals surface area contributed by atoms with Crippen LogP contribution in [0.2, 0.25) is 0 Å². The molecule has 1 unspecified atom stereocenters. The van der Waals surface area contributed by atoms with E-state index in [1.807, 2.05) is 12.3 Å². The highest BCUT2D eigenvalue weighted by Gasteiger charge is 2.14. The molecule has 0 spiro atoms. The summed E-state index contributed by atoms with van der Waals surface area (Å²) in [5, 5.41) is 14.7. The van der Waals surface area contributed by atoms with Gasteiger partial charge in [0, 0.05) is 17.3 Å². The molecule has 0 aliphatic carbocycles. The van der Waals surface area contributed by atoms with Crippen LogP contribution in [0.3, 0.4) is 0 Å². The Morgan fingerprint density at radius 2 is 2.37 bits per heavy atom. The van der Waals surface area contributed by atoms with Gasteiger partial charge in [-0.25, -0.2) is 14.2 Å². The molecule has 0 fully saturated rings. The molecule has 0 radical (unpaired) electrons. The van der Waals surface area contributed by atoms with Gasteiger partial charge in [0.2, 0.25) is 0 Å². The van der Waals surface area contributed by atoms with Gasteiger partial charge in [-0.05, 0) is 24.6 Å². The predicted octanol–water partition coefficient (Wildman–Crippen LogP) is 3.54. The highest BCUT2D eigenvalue weighted by atomic mass is 32.1. The van der Waals surface area contributed by atoms with Gasteiger partial charge < -0.3 is 10.4 Å². The Bertz CT molecular complexity index is 572. The van der Waals surface area contributed by atoms with E-state index in [1.54, 1.807) is 12.3 Å². The van der Waals surface area contributed by atoms with Crippen LogP contribution in [0.4, 0.5) is 10.1 Å². The lowest BCUT2D eigenvalue weighted by atomic mass is 10.1. The summed E-state index contributed by atoms with van der Waals surface area (Å²) in [6.07, 6.45) is 2.52. The third-order valence-corrected chi connectivity index (χ3v) is 3.59. The van der Waals surface area contributed by atoms with E-state index in [-0.39, 0.29) is 11.6 Å². The van der Waals surface area contributed by atoms with Gasteiger partial charge in [-0.1, -0.05) is 6.92 Å². The smallest absolute Gasteiger partial charge is 0.338 e. The van der Waals surface area contributed by atoms with Gasteiger partial charge in [0.25, 0.3) is 0 Å². The average molecular weight is 280 g/mol. The second kappa shape index (κ2) is 5.79. The van der Waals surface area contributed by atoms with Crippen LogP contribution in [0.1, 0.15) is 34.8 Å². The zero-order valence-electron chi connectivity index (χ0n) is 10.3. The number of rotatable bonds is 5. The van der Waals surface area contributed by atoms with Crippen molar-refractivity contribution >= 4 is 23.0 Å². The summed E-state index contributed by atoms with van der Waals surface area (Å²) < 4.78 is 13.6. The maximum Gasteiger partial charge on any atom is 0.338 e. The fraction of sp³-hybridized carbons (Fsp3) is 0.231. The lowest BCUT2D eigenvalue weighted by Crippen LogP contribution is -2.10. The molecule has 2 aromatic rings. The molecule has 1 heterocycles. The number of aromatic carboxylic acids is 1. The zero-order valence-corrected chi connectivity index (χ0v) is 11.1. The molecule has 19 heavy (non-hydrogen) atoms. The largest absolute Gasteiger partial charge is 0.478 e. The third-order valence-electron chi connectivity index (χ3n) is 2.70. The third kappa shape index (κ3) is 3.08. The number of nitrogens with zero attached hydrogens (tertiary/aromatic N) is 1. The van der Waals surface area contributed by atoms with E-state index in [1.165, 1.54) is 23.5 Å². The maximum absolute atomic E-state index is 13.6. The minimum absolute atomic E-state index is 0.00456. The number of hydrogen-bond acceptors (Lipinski definition) is 4. The van der Waals surface area contributed by atoms with Crippen molar-refractivity contribution < 1.29 is 14.3 Å². The number of carboxylic acids is 1. The van der Waals surface area contributed by atoms with Crippen molar-refractivity contribution in [2.24, 2.45) is 0 Å².